The highest BCUT2D eigenvalue weighted by molar-refractivity contribution is 5.25. The Hall–Kier alpha value is -0.820. The Morgan fingerprint density at radius 2 is 1.76 bits per heavy atom. The Bertz CT molecular complexity index is 355. The Labute approximate surface area is 105 Å². The van der Waals surface area contributed by atoms with Crippen molar-refractivity contribution in [3.63, 3.8) is 0 Å². The molecule has 2 unspecified atom stereocenters. The molecule has 1 aromatic rings. The van der Waals surface area contributed by atoms with Crippen molar-refractivity contribution in [3.05, 3.63) is 35.9 Å². The van der Waals surface area contributed by atoms with Gasteiger partial charge in [0.2, 0.25) is 0 Å². The number of hydrogen-bond donors (Lipinski definition) is 0. The van der Waals surface area contributed by atoms with Crippen molar-refractivity contribution in [2.75, 3.05) is 0 Å². The van der Waals surface area contributed by atoms with E-state index in [0.29, 0.717) is 5.92 Å². The normalized spacial score (nSPS) is 30.2. The van der Waals surface area contributed by atoms with Crippen LogP contribution in [-0.2, 0) is 10.5 Å². The van der Waals surface area contributed by atoms with Crippen molar-refractivity contribution < 1.29 is 5.11 Å². The summed E-state index contributed by atoms with van der Waals surface area (Å²) in [7, 11) is 0. The highest BCUT2D eigenvalue weighted by atomic mass is 16.3. The zero-order valence-corrected chi connectivity index (χ0v) is 11.1. The van der Waals surface area contributed by atoms with E-state index in [9.17, 15) is 5.11 Å². The summed E-state index contributed by atoms with van der Waals surface area (Å²) >= 11 is 0. The lowest BCUT2D eigenvalue weighted by molar-refractivity contribution is -0.0338. The van der Waals surface area contributed by atoms with E-state index in [-0.39, 0.29) is 11.3 Å². The Kier molecular flexibility index (Phi) is 3.58. The van der Waals surface area contributed by atoms with Crippen LogP contribution in [0.4, 0.5) is 0 Å². The van der Waals surface area contributed by atoms with Crippen molar-refractivity contribution in [1.82, 2.24) is 0 Å². The van der Waals surface area contributed by atoms with Crippen LogP contribution < -0.4 is 0 Å². The third-order valence-electron chi connectivity index (χ3n) is 4.50. The summed E-state index contributed by atoms with van der Waals surface area (Å²) in [5, 5.41) is 12.3. The number of rotatable bonds is 2. The van der Waals surface area contributed by atoms with Crippen molar-refractivity contribution in [3.8, 4) is 0 Å². The number of benzene rings is 1. The predicted octanol–water partition coefficient (Wildman–Crippen LogP) is 4.20. The minimum absolute atomic E-state index is 0.00775. The van der Waals surface area contributed by atoms with Crippen LogP contribution in [0.5, 0.6) is 0 Å². The largest absolute Gasteiger partial charge is 0.233 e. The first kappa shape index (κ1) is 12.6. The molecule has 1 aromatic carbocycles. The molecular formula is C16H23O. The topological polar surface area (TPSA) is 19.9 Å². The van der Waals surface area contributed by atoms with Crippen LogP contribution in [0, 0.1) is 11.8 Å². The second-order valence-corrected chi connectivity index (χ2v) is 6.15. The molecule has 1 aliphatic rings. The Morgan fingerprint density at radius 3 is 2.35 bits per heavy atom. The van der Waals surface area contributed by atoms with Gasteiger partial charge in [0.1, 0.15) is 0 Å². The third-order valence-corrected chi connectivity index (χ3v) is 4.50. The average Bonchev–Trinajstić information content (AvgIpc) is 2.29. The monoisotopic (exact) mass is 231 g/mol. The van der Waals surface area contributed by atoms with E-state index in [1.54, 1.807) is 0 Å². The van der Waals surface area contributed by atoms with Crippen LogP contribution in [0.3, 0.4) is 0 Å². The minimum Gasteiger partial charge on any atom is -0.233 e. The quantitative estimate of drug-likeness (QED) is 0.727. The highest BCUT2D eigenvalue weighted by Crippen LogP contribution is 2.42. The average molecular weight is 231 g/mol. The van der Waals surface area contributed by atoms with Crippen molar-refractivity contribution >= 4 is 0 Å². The van der Waals surface area contributed by atoms with Crippen LogP contribution in [0.25, 0.3) is 0 Å². The standard InChI is InChI=1S/C16H23O/c1-12-9-10-14(15(17)11-12)16(2,3)13-7-5-4-6-8-13/h4-8,12,14-15H,9-11H2,1-3H3/t12-,14?,15?/m0/s1. The fourth-order valence-corrected chi connectivity index (χ4v) is 3.24. The van der Waals surface area contributed by atoms with Gasteiger partial charge in [0.25, 0.3) is 0 Å². The van der Waals surface area contributed by atoms with Gasteiger partial charge >= 0.3 is 0 Å². The lowest BCUT2D eigenvalue weighted by atomic mass is 9.64. The zero-order chi connectivity index (χ0) is 12.5. The SMILES string of the molecule is C[C@H]1CCC(C(C)(C)c2ccccc2)C([O])C1. The molecule has 0 bridgehead atoms. The van der Waals surface area contributed by atoms with E-state index >= 15 is 0 Å². The van der Waals surface area contributed by atoms with Crippen LogP contribution in [0.15, 0.2) is 30.3 Å². The summed E-state index contributed by atoms with van der Waals surface area (Å²) in [5.41, 5.74) is 1.31. The maximum absolute atomic E-state index is 12.3. The smallest absolute Gasteiger partial charge is 0.0969 e. The van der Waals surface area contributed by atoms with Crippen LogP contribution >= 0.6 is 0 Å². The molecule has 1 saturated carbocycles. The molecule has 1 nitrogen and oxygen atoms in total. The fourth-order valence-electron chi connectivity index (χ4n) is 3.24. The van der Waals surface area contributed by atoms with Gasteiger partial charge in [0.05, 0.1) is 6.10 Å². The van der Waals surface area contributed by atoms with Gasteiger partial charge in [-0.25, -0.2) is 5.11 Å². The van der Waals surface area contributed by atoms with Crippen LogP contribution in [0.2, 0.25) is 0 Å². The first-order chi connectivity index (χ1) is 8.01. The summed E-state index contributed by atoms with van der Waals surface area (Å²) < 4.78 is 0. The van der Waals surface area contributed by atoms with Crippen molar-refractivity contribution in [1.29, 1.82) is 0 Å². The first-order valence-electron chi connectivity index (χ1n) is 6.73. The fraction of sp³-hybridized carbons (Fsp3) is 0.625. The first-order valence-corrected chi connectivity index (χ1v) is 6.73. The second-order valence-electron chi connectivity index (χ2n) is 6.15. The van der Waals surface area contributed by atoms with Gasteiger partial charge in [-0.15, -0.1) is 0 Å². The molecule has 0 N–H and O–H groups in total. The summed E-state index contributed by atoms with van der Waals surface area (Å²) in [6, 6.07) is 10.5. The maximum Gasteiger partial charge on any atom is 0.0969 e. The van der Waals surface area contributed by atoms with E-state index < -0.39 is 6.10 Å². The van der Waals surface area contributed by atoms with Crippen LogP contribution in [0.1, 0.15) is 45.6 Å². The van der Waals surface area contributed by atoms with Gasteiger partial charge in [0, 0.05) is 0 Å². The zero-order valence-electron chi connectivity index (χ0n) is 11.1. The number of hydrogen-bond acceptors (Lipinski definition) is 0. The van der Waals surface area contributed by atoms with Crippen LogP contribution in [-0.4, -0.2) is 6.10 Å². The third kappa shape index (κ3) is 2.55. The lowest BCUT2D eigenvalue weighted by Gasteiger charge is -2.41. The van der Waals surface area contributed by atoms with Gasteiger partial charge in [-0.05, 0) is 35.7 Å². The van der Waals surface area contributed by atoms with Gasteiger partial charge in [-0.1, -0.05) is 57.5 Å². The molecule has 2 rings (SSSR count). The molecule has 0 spiro atoms. The summed E-state index contributed by atoms with van der Waals surface area (Å²) in [5.74, 6) is 0.890. The van der Waals surface area contributed by atoms with E-state index in [1.165, 1.54) is 12.0 Å². The molecule has 93 valence electrons. The van der Waals surface area contributed by atoms with E-state index in [1.807, 2.05) is 6.07 Å². The second kappa shape index (κ2) is 4.81. The highest BCUT2D eigenvalue weighted by Gasteiger charge is 2.39. The Morgan fingerprint density at radius 1 is 1.12 bits per heavy atom. The van der Waals surface area contributed by atoms with Gasteiger partial charge < -0.3 is 0 Å². The Balaban J connectivity index is 2.21. The van der Waals surface area contributed by atoms with Gasteiger partial charge in [-0.2, -0.15) is 0 Å². The lowest BCUT2D eigenvalue weighted by Crippen LogP contribution is -2.40. The molecule has 17 heavy (non-hydrogen) atoms. The molecule has 1 radical (unpaired) electrons. The molecule has 0 amide bonds. The molecule has 1 heteroatoms. The summed E-state index contributed by atoms with van der Waals surface area (Å²) in [4.78, 5) is 0. The molecule has 1 fully saturated rings. The predicted molar refractivity (Wildman–Crippen MR) is 70.4 cm³/mol. The van der Waals surface area contributed by atoms with E-state index in [4.69, 9.17) is 0 Å². The van der Waals surface area contributed by atoms with Gasteiger partial charge in [-0.3, -0.25) is 0 Å². The molecule has 0 heterocycles. The molecule has 1 aliphatic carbocycles. The van der Waals surface area contributed by atoms with E-state index in [0.717, 1.165) is 12.8 Å². The molecule has 0 aromatic heterocycles. The van der Waals surface area contributed by atoms with E-state index in [2.05, 4.69) is 45.0 Å². The molecule has 0 saturated heterocycles. The molecule has 0 aliphatic heterocycles. The van der Waals surface area contributed by atoms with Crippen molar-refractivity contribution in [2.45, 2.75) is 51.6 Å². The molecule has 3 atom stereocenters. The summed E-state index contributed by atoms with van der Waals surface area (Å²) in [6.45, 7) is 6.67. The summed E-state index contributed by atoms with van der Waals surface area (Å²) in [6.07, 6.45) is 2.74. The van der Waals surface area contributed by atoms with Crippen molar-refractivity contribution in [2.24, 2.45) is 11.8 Å². The molecular weight excluding hydrogens is 208 g/mol. The van der Waals surface area contributed by atoms with Gasteiger partial charge in [0.15, 0.2) is 0 Å². The maximum atomic E-state index is 12.3. The minimum atomic E-state index is -0.394.